The Morgan fingerprint density at radius 3 is 2.41 bits per heavy atom. The molecule has 2 aromatic rings. The van der Waals surface area contributed by atoms with Crippen LogP contribution in [0.15, 0.2) is 23.1 Å². The fourth-order valence-corrected chi connectivity index (χ4v) is 2.62. The zero-order valence-corrected chi connectivity index (χ0v) is 12.9. The van der Waals surface area contributed by atoms with E-state index in [-0.39, 0.29) is 10.9 Å². The average Bonchev–Trinajstić information content (AvgIpc) is 2.49. The first-order chi connectivity index (χ1) is 10.4. The number of aromatic carboxylic acids is 1. The standard InChI is InChI=1S/C16H19FN2O3/c1-4-18(5-2)14-8-13-10(7-12(14)17)15(20)11(16(21)22)9-19(13)6-3/h7-9H,4-6H2,1-3H3,(H,21,22). The Morgan fingerprint density at radius 2 is 1.91 bits per heavy atom. The number of hydrogen-bond acceptors (Lipinski definition) is 3. The Hall–Kier alpha value is -2.37. The zero-order valence-electron chi connectivity index (χ0n) is 12.9. The van der Waals surface area contributed by atoms with Crippen LogP contribution in [0.4, 0.5) is 10.1 Å². The second-order valence-corrected chi connectivity index (χ2v) is 4.96. The van der Waals surface area contributed by atoms with Crippen molar-refractivity contribution in [3.05, 3.63) is 39.9 Å². The fraction of sp³-hybridized carbons (Fsp3) is 0.375. The first-order valence-corrected chi connectivity index (χ1v) is 7.29. The number of carbonyl (C=O) groups is 1. The molecule has 1 aromatic heterocycles. The van der Waals surface area contributed by atoms with Crippen molar-refractivity contribution in [3.8, 4) is 0 Å². The van der Waals surface area contributed by atoms with Gasteiger partial charge in [0.1, 0.15) is 11.4 Å². The van der Waals surface area contributed by atoms with Crippen molar-refractivity contribution in [1.82, 2.24) is 4.57 Å². The summed E-state index contributed by atoms with van der Waals surface area (Å²) in [7, 11) is 0. The molecule has 0 fully saturated rings. The van der Waals surface area contributed by atoms with Crippen molar-refractivity contribution in [3.63, 3.8) is 0 Å². The van der Waals surface area contributed by atoms with E-state index < -0.39 is 17.2 Å². The third-order valence-electron chi connectivity index (χ3n) is 3.82. The number of rotatable bonds is 5. The van der Waals surface area contributed by atoms with Crippen LogP contribution in [-0.2, 0) is 6.54 Å². The summed E-state index contributed by atoms with van der Waals surface area (Å²) in [6, 6.07) is 2.76. The molecule has 0 aliphatic carbocycles. The number of fused-ring (bicyclic) bond motifs is 1. The molecule has 0 radical (unpaired) electrons. The number of pyridine rings is 1. The van der Waals surface area contributed by atoms with Crippen LogP contribution in [0.1, 0.15) is 31.1 Å². The SMILES string of the molecule is CCN(CC)c1cc2c(cc1F)c(=O)c(C(=O)O)cn2CC. The number of nitrogens with zero attached hydrogens (tertiary/aromatic N) is 2. The molecule has 2 rings (SSSR count). The molecular weight excluding hydrogens is 287 g/mol. The minimum Gasteiger partial charge on any atom is -0.477 e. The van der Waals surface area contributed by atoms with Crippen LogP contribution in [0.3, 0.4) is 0 Å². The molecule has 0 bridgehead atoms. The molecule has 5 nitrogen and oxygen atoms in total. The molecule has 0 saturated heterocycles. The summed E-state index contributed by atoms with van der Waals surface area (Å²) in [5.41, 5.74) is -0.0375. The monoisotopic (exact) mass is 306 g/mol. The highest BCUT2D eigenvalue weighted by molar-refractivity contribution is 5.93. The molecule has 0 amide bonds. The van der Waals surface area contributed by atoms with Crippen LogP contribution in [0.2, 0.25) is 0 Å². The van der Waals surface area contributed by atoms with Crippen LogP contribution >= 0.6 is 0 Å². The lowest BCUT2D eigenvalue weighted by molar-refractivity contribution is 0.0695. The third kappa shape index (κ3) is 2.56. The molecular formula is C16H19FN2O3. The van der Waals surface area contributed by atoms with E-state index in [0.717, 1.165) is 6.07 Å². The van der Waals surface area contributed by atoms with Gasteiger partial charge < -0.3 is 14.6 Å². The van der Waals surface area contributed by atoms with Crippen LogP contribution in [0.25, 0.3) is 10.9 Å². The molecule has 6 heteroatoms. The van der Waals surface area contributed by atoms with Crippen molar-refractivity contribution in [1.29, 1.82) is 0 Å². The smallest absolute Gasteiger partial charge is 0.341 e. The Balaban J connectivity index is 2.85. The summed E-state index contributed by atoms with van der Waals surface area (Å²) in [6.45, 7) is 7.46. The Labute approximate surface area is 127 Å². The highest BCUT2D eigenvalue weighted by atomic mass is 19.1. The van der Waals surface area contributed by atoms with Crippen molar-refractivity contribution >= 4 is 22.6 Å². The number of carboxylic acid groups (broad SMARTS) is 1. The quantitative estimate of drug-likeness (QED) is 0.922. The molecule has 118 valence electrons. The number of benzene rings is 1. The molecule has 1 N–H and O–H groups in total. The molecule has 0 atom stereocenters. The van der Waals surface area contributed by atoms with Gasteiger partial charge in [-0.25, -0.2) is 9.18 Å². The van der Waals surface area contributed by atoms with Gasteiger partial charge in [0.2, 0.25) is 5.43 Å². The minimum absolute atomic E-state index is 0.0927. The topological polar surface area (TPSA) is 62.5 Å². The summed E-state index contributed by atoms with van der Waals surface area (Å²) in [5.74, 6) is -1.82. The second-order valence-electron chi connectivity index (χ2n) is 4.96. The number of aryl methyl sites for hydroxylation is 1. The van der Waals surface area contributed by atoms with E-state index in [2.05, 4.69) is 0 Å². The molecule has 0 aliphatic heterocycles. The predicted octanol–water partition coefficient (Wildman–Crippen LogP) is 2.70. The van der Waals surface area contributed by atoms with Gasteiger partial charge in [-0.3, -0.25) is 4.79 Å². The molecule has 0 unspecified atom stereocenters. The molecule has 1 heterocycles. The number of carboxylic acids is 1. The van der Waals surface area contributed by atoms with Gasteiger partial charge >= 0.3 is 5.97 Å². The van der Waals surface area contributed by atoms with Crippen molar-refractivity contribution < 1.29 is 14.3 Å². The number of halogens is 1. The van der Waals surface area contributed by atoms with Gasteiger partial charge in [-0.05, 0) is 32.9 Å². The summed E-state index contributed by atoms with van der Waals surface area (Å²) in [6.07, 6.45) is 1.32. The molecule has 22 heavy (non-hydrogen) atoms. The van der Waals surface area contributed by atoms with E-state index in [9.17, 15) is 14.0 Å². The van der Waals surface area contributed by atoms with Gasteiger partial charge in [-0.2, -0.15) is 0 Å². The van der Waals surface area contributed by atoms with Crippen LogP contribution < -0.4 is 10.3 Å². The third-order valence-corrected chi connectivity index (χ3v) is 3.82. The molecule has 0 spiro atoms. The fourth-order valence-electron chi connectivity index (χ4n) is 2.62. The summed E-state index contributed by atoms with van der Waals surface area (Å²) in [5, 5.41) is 9.21. The van der Waals surface area contributed by atoms with Crippen LogP contribution in [0, 0.1) is 5.82 Å². The maximum absolute atomic E-state index is 14.4. The summed E-state index contributed by atoms with van der Waals surface area (Å²) < 4.78 is 16.0. The van der Waals surface area contributed by atoms with E-state index in [1.807, 2.05) is 25.7 Å². The van der Waals surface area contributed by atoms with Gasteiger partial charge in [0.15, 0.2) is 0 Å². The summed E-state index contributed by atoms with van der Waals surface area (Å²) in [4.78, 5) is 25.3. The van der Waals surface area contributed by atoms with E-state index in [4.69, 9.17) is 5.11 Å². The van der Waals surface area contributed by atoms with Crippen molar-refractivity contribution in [2.45, 2.75) is 27.3 Å². The highest BCUT2D eigenvalue weighted by Crippen LogP contribution is 2.25. The number of anilines is 1. The first-order valence-electron chi connectivity index (χ1n) is 7.29. The summed E-state index contributed by atoms with van der Waals surface area (Å²) >= 11 is 0. The van der Waals surface area contributed by atoms with Crippen LogP contribution in [-0.4, -0.2) is 28.7 Å². The maximum Gasteiger partial charge on any atom is 0.341 e. The molecule has 0 aliphatic rings. The largest absolute Gasteiger partial charge is 0.477 e. The minimum atomic E-state index is -1.30. The van der Waals surface area contributed by atoms with Gasteiger partial charge in [0, 0.05) is 31.2 Å². The Bertz CT molecular complexity index is 779. The molecule has 1 aromatic carbocycles. The highest BCUT2D eigenvalue weighted by Gasteiger charge is 2.18. The average molecular weight is 306 g/mol. The van der Waals surface area contributed by atoms with Gasteiger partial charge in [-0.15, -0.1) is 0 Å². The molecule has 0 saturated carbocycles. The van der Waals surface area contributed by atoms with E-state index >= 15 is 0 Å². The van der Waals surface area contributed by atoms with Crippen LogP contribution in [0.5, 0.6) is 0 Å². The lowest BCUT2D eigenvalue weighted by Gasteiger charge is -2.22. The Kier molecular flexibility index (Phi) is 4.49. The van der Waals surface area contributed by atoms with Gasteiger partial charge in [-0.1, -0.05) is 0 Å². The lowest BCUT2D eigenvalue weighted by Crippen LogP contribution is -2.24. The first kappa shape index (κ1) is 16.0. The van der Waals surface area contributed by atoms with E-state index in [0.29, 0.717) is 30.8 Å². The normalized spacial score (nSPS) is 10.9. The van der Waals surface area contributed by atoms with E-state index in [1.165, 1.54) is 6.20 Å². The lowest BCUT2D eigenvalue weighted by atomic mass is 10.1. The Morgan fingerprint density at radius 1 is 1.27 bits per heavy atom. The van der Waals surface area contributed by atoms with Gasteiger partial charge in [0.05, 0.1) is 11.2 Å². The predicted molar refractivity (Wildman–Crippen MR) is 84.4 cm³/mol. The van der Waals surface area contributed by atoms with Crippen molar-refractivity contribution in [2.75, 3.05) is 18.0 Å². The maximum atomic E-state index is 14.4. The van der Waals surface area contributed by atoms with Crippen molar-refractivity contribution in [2.24, 2.45) is 0 Å². The van der Waals surface area contributed by atoms with E-state index in [1.54, 1.807) is 10.6 Å². The second kappa shape index (κ2) is 6.17. The zero-order chi connectivity index (χ0) is 16.4. The van der Waals surface area contributed by atoms with Gasteiger partial charge in [0.25, 0.3) is 0 Å². The number of hydrogen-bond donors (Lipinski definition) is 1. The number of aromatic nitrogens is 1.